The number of carbonyl (C=O) groups is 1. The van der Waals surface area contributed by atoms with E-state index >= 15 is 0 Å². The number of hydrogen-bond donors (Lipinski definition) is 2. The molecule has 1 aromatic carbocycles. The number of benzene rings is 1. The average molecular weight is 363 g/mol. The number of rotatable bonds is 7. The number of halogens is 3. The molecule has 1 unspecified atom stereocenters. The van der Waals surface area contributed by atoms with Gasteiger partial charge in [-0.05, 0) is 35.1 Å². The largest absolute Gasteiger partial charge is 0.467 e. The second-order valence-corrected chi connectivity index (χ2v) is 6.42. The third-order valence-electron chi connectivity index (χ3n) is 3.90. The highest BCUT2D eigenvalue weighted by atomic mass is 19.4. The molecule has 0 saturated carbocycles. The highest BCUT2D eigenvalue weighted by molar-refractivity contribution is 5.86. The van der Waals surface area contributed by atoms with Crippen molar-refractivity contribution in [3.8, 4) is 5.75 Å². The molecule has 1 rings (SSSR count). The van der Waals surface area contributed by atoms with Crippen LogP contribution in [0.1, 0.15) is 56.2 Å². The van der Waals surface area contributed by atoms with Crippen LogP contribution in [0.2, 0.25) is 0 Å². The minimum atomic E-state index is -5.25. The van der Waals surface area contributed by atoms with Gasteiger partial charge in [0, 0.05) is 12.7 Å². The Morgan fingerprint density at radius 3 is 1.88 bits per heavy atom. The zero-order chi connectivity index (χ0) is 19.6. The molecule has 0 heterocycles. The van der Waals surface area contributed by atoms with Crippen LogP contribution in [0.4, 0.5) is 13.2 Å². The number of methoxy groups -OCH3 is 1. The summed E-state index contributed by atoms with van der Waals surface area (Å²) in [6, 6.07) is 2.22. The minimum Gasteiger partial charge on any atom is -0.467 e. The van der Waals surface area contributed by atoms with Gasteiger partial charge < -0.3 is 20.3 Å². The van der Waals surface area contributed by atoms with Gasteiger partial charge in [0.2, 0.25) is 0 Å². The van der Waals surface area contributed by atoms with Crippen molar-refractivity contribution < 1.29 is 32.5 Å². The Morgan fingerprint density at radius 1 is 1.16 bits per heavy atom. The maximum absolute atomic E-state index is 13.4. The number of aliphatic hydroxyl groups is 1. The topological polar surface area (TPSA) is 81.8 Å². The molecular formula is C17H24F3NO4. The number of hydrogen-bond acceptors (Lipinski definition) is 4. The Bertz CT molecular complexity index is 600. The number of carbonyl (C=O) groups excluding carboxylic acids is 1. The molecule has 1 amide bonds. The number of primary amides is 1. The Morgan fingerprint density at radius 2 is 1.60 bits per heavy atom. The van der Waals surface area contributed by atoms with E-state index in [1.807, 2.05) is 0 Å². The number of nitrogens with two attached hydrogens (primary N) is 1. The number of ether oxygens (including phenoxy) is 2. The number of alkyl halides is 3. The third kappa shape index (κ3) is 4.07. The Hall–Kier alpha value is -1.80. The summed E-state index contributed by atoms with van der Waals surface area (Å²) < 4.78 is 50.7. The van der Waals surface area contributed by atoms with Crippen LogP contribution >= 0.6 is 0 Å². The summed E-state index contributed by atoms with van der Waals surface area (Å²) in [6.07, 6.45) is -5.25. The fourth-order valence-electron chi connectivity index (χ4n) is 2.47. The first-order valence-corrected chi connectivity index (χ1v) is 7.76. The van der Waals surface area contributed by atoms with Gasteiger partial charge in [-0.3, -0.25) is 4.79 Å². The predicted octanol–water partition coefficient (Wildman–Crippen LogP) is 3.15. The van der Waals surface area contributed by atoms with Gasteiger partial charge in [-0.1, -0.05) is 27.7 Å². The summed E-state index contributed by atoms with van der Waals surface area (Å²) in [5.74, 6) is -1.95. The molecular weight excluding hydrogens is 339 g/mol. The van der Waals surface area contributed by atoms with Crippen LogP contribution in [0.5, 0.6) is 5.75 Å². The second kappa shape index (κ2) is 7.61. The van der Waals surface area contributed by atoms with E-state index in [9.17, 15) is 23.1 Å². The molecule has 0 aromatic heterocycles. The lowest BCUT2D eigenvalue weighted by Crippen LogP contribution is -2.52. The van der Waals surface area contributed by atoms with Crippen LogP contribution in [0.3, 0.4) is 0 Å². The van der Waals surface area contributed by atoms with E-state index in [4.69, 9.17) is 15.2 Å². The van der Waals surface area contributed by atoms with E-state index < -0.39 is 23.2 Å². The first-order valence-electron chi connectivity index (χ1n) is 7.76. The molecule has 0 bridgehead atoms. The third-order valence-corrected chi connectivity index (χ3v) is 3.90. The highest BCUT2D eigenvalue weighted by Gasteiger charge is 2.60. The Labute approximate surface area is 144 Å². The van der Waals surface area contributed by atoms with Crippen LogP contribution in [0, 0.1) is 0 Å². The van der Waals surface area contributed by atoms with Gasteiger partial charge >= 0.3 is 6.18 Å². The second-order valence-electron chi connectivity index (χ2n) is 6.42. The first kappa shape index (κ1) is 21.2. The lowest BCUT2D eigenvalue weighted by atomic mass is 9.84. The van der Waals surface area contributed by atoms with Gasteiger partial charge in [-0.15, -0.1) is 0 Å². The van der Waals surface area contributed by atoms with Crippen LogP contribution < -0.4 is 10.5 Å². The maximum atomic E-state index is 13.4. The van der Waals surface area contributed by atoms with Crippen molar-refractivity contribution in [2.45, 2.75) is 51.3 Å². The van der Waals surface area contributed by atoms with E-state index in [2.05, 4.69) is 0 Å². The molecule has 0 saturated heterocycles. The van der Waals surface area contributed by atoms with Crippen molar-refractivity contribution >= 4 is 5.91 Å². The van der Waals surface area contributed by atoms with Gasteiger partial charge in [0.25, 0.3) is 11.5 Å². The van der Waals surface area contributed by atoms with Gasteiger partial charge in [-0.25, -0.2) is 0 Å². The van der Waals surface area contributed by atoms with E-state index in [1.165, 1.54) is 7.11 Å². The summed E-state index contributed by atoms with van der Waals surface area (Å²) >= 11 is 0. The van der Waals surface area contributed by atoms with E-state index in [0.717, 1.165) is 12.1 Å². The lowest BCUT2D eigenvalue weighted by Gasteiger charge is -2.30. The molecule has 1 atom stereocenters. The van der Waals surface area contributed by atoms with E-state index in [1.54, 1.807) is 27.7 Å². The molecule has 25 heavy (non-hydrogen) atoms. The average Bonchev–Trinajstić information content (AvgIpc) is 2.49. The van der Waals surface area contributed by atoms with E-state index in [-0.39, 0.29) is 18.6 Å². The quantitative estimate of drug-likeness (QED) is 0.729. The summed E-state index contributed by atoms with van der Waals surface area (Å²) in [4.78, 5) is 11.5. The molecule has 3 N–H and O–H groups in total. The molecule has 0 aliphatic rings. The molecule has 5 nitrogen and oxygen atoms in total. The van der Waals surface area contributed by atoms with Crippen molar-refractivity contribution in [2.75, 3.05) is 13.9 Å². The van der Waals surface area contributed by atoms with Crippen molar-refractivity contribution in [3.05, 3.63) is 28.8 Å². The highest BCUT2D eigenvalue weighted by Crippen LogP contribution is 2.44. The van der Waals surface area contributed by atoms with Gasteiger partial charge in [0.15, 0.2) is 6.79 Å². The monoisotopic (exact) mass is 363 g/mol. The lowest BCUT2D eigenvalue weighted by molar-refractivity contribution is -0.255. The van der Waals surface area contributed by atoms with Gasteiger partial charge in [0.05, 0.1) is 0 Å². The maximum Gasteiger partial charge on any atom is 0.430 e. The van der Waals surface area contributed by atoms with Crippen LogP contribution in [0.15, 0.2) is 12.1 Å². The van der Waals surface area contributed by atoms with Gasteiger partial charge in [0.1, 0.15) is 5.75 Å². The normalized spacial score (nSPS) is 14.7. The van der Waals surface area contributed by atoms with Crippen molar-refractivity contribution in [1.82, 2.24) is 0 Å². The molecule has 0 spiro atoms. The van der Waals surface area contributed by atoms with Crippen molar-refractivity contribution in [1.29, 1.82) is 0 Å². The summed E-state index contributed by atoms with van der Waals surface area (Å²) in [5.41, 5.74) is 1.34. The molecule has 0 aliphatic carbocycles. The standard InChI is InChI=1S/C17H24F3NO4/c1-9(2)12-6-11(16(23,15(21)22)17(18,19)20)7-13(10(3)4)14(12)25-8-24-5/h6-7,9-10,23H,8H2,1-5H3,(H2,21,22). The Kier molecular flexibility index (Phi) is 6.47. The fourth-order valence-corrected chi connectivity index (χ4v) is 2.47. The van der Waals surface area contributed by atoms with Crippen LogP contribution in [0.25, 0.3) is 0 Å². The van der Waals surface area contributed by atoms with Crippen molar-refractivity contribution in [2.24, 2.45) is 5.73 Å². The first-order chi connectivity index (χ1) is 11.4. The van der Waals surface area contributed by atoms with E-state index in [0.29, 0.717) is 16.9 Å². The Balaban J connectivity index is 3.77. The summed E-state index contributed by atoms with van der Waals surface area (Å²) in [7, 11) is 1.42. The molecule has 0 radical (unpaired) electrons. The smallest absolute Gasteiger partial charge is 0.430 e. The molecule has 0 aliphatic heterocycles. The molecule has 1 aromatic rings. The van der Waals surface area contributed by atoms with Crippen molar-refractivity contribution in [3.63, 3.8) is 0 Å². The van der Waals surface area contributed by atoms with Gasteiger partial charge in [-0.2, -0.15) is 13.2 Å². The van der Waals surface area contributed by atoms with Crippen LogP contribution in [-0.4, -0.2) is 31.1 Å². The number of amides is 1. The van der Waals surface area contributed by atoms with Crippen LogP contribution in [-0.2, 0) is 15.1 Å². The summed E-state index contributed by atoms with van der Waals surface area (Å²) in [6.45, 7) is 6.97. The zero-order valence-electron chi connectivity index (χ0n) is 14.9. The molecule has 0 fully saturated rings. The SMILES string of the molecule is COCOc1c(C(C)C)cc(C(O)(C(N)=O)C(F)(F)F)cc1C(C)C. The zero-order valence-corrected chi connectivity index (χ0v) is 14.9. The molecule has 142 valence electrons. The predicted molar refractivity (Wildman–Crippen MR) is 86.3 cm³/mol. The minimum absolute atomic E-state index is 0.0852. The molecule has 8 heteroatoms. The summed E-state index contributed by atoms with van der Waals surface area (Å²) in [5, 5.41) is 10.1. The fraction of sp³-hybridized carbons (Fsp3) is 0.588.